The van der Waals surface area contributed by atoms with Crippen LogP contribution >= 0.6 is 0 Å². The maximum Gasteiger partial charge on any atom is 0.305 e. The third-order valence-corrected chi connectivity index (χ3v) is 13.1. The molecule has 0 bridgehead atoms. The lowest BCUT2D eigenvalue weighted by Gasteiger charge is -2.20. The molecule has 6 heteroatoms. The molecule has 0 aliphatic heterocycles. The SMILES string of the molecule is CCCCCCCCCC/C=C/C(O)C(CO)NC(=O)CCCCCCCCCCCCCCCCCCCOC(=O)CCCCCCCCCCCCCCCCCCCC. The third kappa shape index (κ3) is 48.1. The average molecular weight is 876 g/mol. The van der Waals surface area contributed by atoms with Crippen molar-refractivity contribution in [1.29, 1.82) is 0 Å². The van der Waals surface area contributed by atoms with Crippen LogP contribution in [-0.4, -0.2) is 47.4 Å². The highest BCUT2D eigenvalue weighted by molar-refractivity contribution is 5.76. The van der Waals surface area contributed by atoms with Gasteiger partial charge in [-0.2, -0.15) is 0 Å². The van der Waals surface area contributed by atoms with E-state index in [0.29, 0.717) is 19.4 Å². The van der Waals surface area contributed by atoms with Gasteiger partial charge >= 0.3 is 5.97 Å². The number of allylic oxidation sites excluding steroid dienone is 1. The van der Waals surface area contributed by atoms with Gasteiger partial charge in [0.05, 0.1) is 25.4 Å². The summed E-state index contributed by atoms with van der Waals surface area (Å²) < 4.78 is 5.49. The number of hydrogen-bond acceptors (Lipinski definition) is 5. The first-order valence-electron chi connectivity index (χ1n) is 28.0. The lowest BCUT2D eigenvalue weighted by molar-refractivity contribution is -0.143. The smallest absolute Gasteiger partial charge is 0.305 e. The predicted octanol–water partition coefficient (Wildman–Crippen LogP) is 16.9. The highest BCUT2D eigenvalue weighted by atomic mass is 16.5. The molecule has 0 spiro atoms. The van der Waals surface area contributed by atoms with Crippen LogP contribution < -0.4 is 5.32 Å². The Morgan fingerprint density at radius 2 is 0.742 bits per heavy atom. The molecule has 2 atom stereocenters. The fourth-order valence-electron chi connectivity index (χ4n) is 8.75. The van der Waals surface area contributed by atoms with Crippen LogP contribution in [0.4, 0.5) is 0 Å². The van der Waals surface area contributed by atoms with Crippen molar-refractivity contribution in [1.82, 2.24) is 5.32 Å². The zero-order valence-electron chi connectivity index (χ0n) is 41.9. The Morgan fingerprint density at radius 1 is 0.435 bits per heavy atom. The molecule has 0 aromatic heterocycles. The molecule has 6 nitrogen and oxygen atoms in total. The zero-order valence-corrected chi connectivity index (χ0v) is 41.9. The van der Waals surface area contributed by atoms with Crippen molar-refractivity contribution in [3.05, 3.63) is 12.2 Å². The summed E-state index contributed by atoms with van der Waals surface area (Å²) in [6.07, 6.45) is 60.9. The molecule has 3 N–H and O–H groups in total. The van der Waals surface area contributed by atoms with E-state index in [4.69, 9.17) is 4.74 Å². The largest absolute Gasteiger partial charge is 0.466 e. The monoisotopic (exact) mass is 876 g/mol. The number of hydrogen-bond donors (Lipinski definition) is 3. The standard InChI is InChI=1S/C56H109NO5/c1-3-5-7-9-11-13-15-16-17-18-21-24-27-30-34-38-42-46-50-56(61)62-51-47-43-39-35-31-28-25-22-19-20-23-26-29-33-37-41-45-49-55(60)57-53(52-58)54(59)48-44-40-36-32-14-12-10-8-6-4-2/h44,48,53-54,58-59H,3-43,45-47,49-52H2,1-2H3,(H,57,60)/b48-44+. The molecule has 1 amide bonds. The van der Waals surface area contributed by atoms with Gasteiger partial charge in [0.25, 0.3) is 0 Å². The van der Waals surface area contributed by atoms with Gasteiger partial charge in [0, 0.05) is 12.8 Å². The number of nitrogens with one attached hydrogen (secondary N) is 1. The lowest BCUT2D eigenvalue weighted by atomic mass is 10.0. The minimum atomic E-state index is -0.845. The predicted molar refractivity (Wildman–Crippen MR) is 269 cm³/mol. The second-order valence-corrected chi connectivity index (χ2v) is 19.3. The number of carbonyl (C=O) groups is 2. The summed E-state index contributed by atoms with van der Waals surface area (Å²) in [5.41, 5.74) is 0. The van der Waals surface area contributed by atoms with Crippen molar-refractivity contribution >= 4 is 11.9 Å². The van der Waals surface area contributed by atoms with Crippen LogP contribution in [0.1, 0.15) is 309 Å². The number of aliphatic hydroxyl groups is 2. The number of ether oxygens (including phenoxy) is 1. The summed E-state index contributed by atoms with van der Waals surface area (Å²) in [7, 11) is 0. The Kier molecular flexibility index (Phi) is 51.0. The fraction of sp³-hybridized carbons (Fsp3) is 0.929. The van der Waals surface area contributed by atoms with Gasteiger partial charge in [-0.05, 0) is 32.1 Å². The molecule has 0 saturated carbocycles. The maximum absolute atomic E-state index is 12.4. The van der Waals surface area contributed by atoms with Crippen LogP contribution in [0.3, 0.4) is 0 Å². The Hall–Kier alpha value is -1.40. The first-order valence-corrected chi connectivity index (χ1v) is 28.0. The molecule has 0 aromatic carbocycles. The van der Waals surface area contributed by atoms with Crippen molar-refractivity contribution in [2.45, 2.75) is 321 Å². The summed E-state index contributed by atoms with van der Waals surface area (Å²) in [4.78, 5) is 24.5. The van der Waals surface area contributed by atoms with Crippen molar-refractivity contribution in [3.63, 3.8) is 0 Å². The van der Waals surface area contributed by atoms with Crippen molar-refractivity contribution in [2.75, 3.05) is 13.2 Å². The first kappa shape index (κ1) is 60.6. The van der Waals surface area contributed by atoms with E-state index in [2.05, 4.69) is 19.2 Å². The average Bonchev–Trinajstić information content (AvgIpc) is 3.27. The highest BCUT2D eigenvalue weighted by Crippen LogP contribution is 2.17. The van der Waals surface area contributed by atoms with Crippen molar-refractivity contribution in [3.8, 4) is 0 Å². The highest BCUT2D eigenvalue weighted by Gasteiger charge is 2.18. The Bertz CT molecular complexity index is 924. The Morgan fingerprint density at radius 3 is 1.10 bits per heavy atom. The molecule has 0 radical (unpaired) electrons. The number of amides is 1. The van der Waals surface area contributed by atoms with Gasteiger partial charge in [0.1, 0.15) is 0 Å². The van der Waals surface area contributed by atoms with Gasteiger partial charge < -0.3 is 20.3 Å². The zero-order chi connectivity index (χ0) is 45.1. The molecule has 0 aliphatic carbocycles. The molecular weight excluding hydrogens is 767 g/mol. The van der Waals surface area contributed by atoms with Crippen LogP contribution in [0.25, 0.3) is 0 Å². The second-order valence-electron chi connectivity index (χ2n) is 19.3. The number of unbranched alkanes of at least 4 members (excludes halogenated alkanes) is 41. The van der Waals surface area contributed by atoms with Gasteiger partial charge in [0.2, 0.25) is 5.91 Å². The molecular formula is C56H109NO5. The molecule has 0 fully saturated rings. The minimum Gasteiger partial charge on any atom is -0.466 e. The van der Waals surface area contributed by atoms with Crippen LogP contribution in [-0.2, 0) is 14.3 Å². The van der Waals surface area contributed by atoms with Gasteiger partial charge in [0.15, 0.2) is 0 Å². The van der Waals surface area contributed by atoms with E-state index in [1.54, 1.807) is 6.08 Å². The minimum absolute atomic E-state index is 0.00888. The van der Waals surface area contributed by atoms with E-state index >= 15 is 0 Å². The molecule has 368 valence electrons. The summed E-state index contributed by atoms with van der Waals surface area (Å²) in [6.45, 7) is 4.89. The van der Waals surface area contributed by atoms with Crippen LogP contribution in [0, 0.1) is 0 Å². The molecule has 0 aromatic rings. The number of rotatable bonds is 52. The van der Waals surface area contributed by atoms with E-state index < -0.39 is 12.1 Å². The van der Waals surface area contributed by atoms with E-state index in [-0.39, 0.29) is 18.5 Å². The molecule has 2 unspecified atom stereocenters. The van der Waals surface area contributed by atoms with Crippen LogP contribution in [0.5, 0.6) is 0 Å². The summed E-state index contributed by atoms with van der Waals surface area (Å²) in [5, 5.41) is 23.0. The van der Waals surface area contributed by atoms with Gasteiger partial charge in [-0.1, -0.05) is 276 Å². The summed E-state index contributed by atoms with van der Waals surface area (Å²) in [6, 6.07) is -0.629. The lowest BCUT2D eigenvalue weighted by Crippen LogP contribution is -2.45. The van der Waals surface area contributed by atoms with E-state index in [1.807, 2.05) is 6.08 Å². The molecule has 0 aliphatic rings. The Labute approximate surface area is 387 Å². The van der Waals surface area contributed by atoms with E-state index in [0.717, 1.165) is 38.5 Å². The van der Waals surface area contributed by atoms with Crippen LogP contribution in [0.15, 0.2) is 12.2 Å². The normalized spacial score (nSPS) is 12.6. The van der Waals surface area contributed by atoms with Gasteiger partial charge in [-0.25, -0.2) is 0 Å². The van der Waals surface area contributed by atoms with Crippen LogP contribution in [0.2, 0.25) is 0 Å². The number of esters is 1. The number of carbonyl (C=O) groups excluding carboxylic acids is 2. The molecule has 0 heterocycles. The van der Waals surface area contributed by atoms with E-state index in [1.165, 1.54) is 244 Å². The molecule has 0 rings (SSSR count). The fourth-order valence-corrected chi connectivity index (χ4v) is 8.75. The molecule has 0 saturated heterocycles. The topological polar surface area (TPSA) is 95.9 Å². The summed E-state index contributed by atoms with van der Waals surface area (Å²) >= 11 is 0. The Balaban J connectivity index is 3.38. The van der Waals surface area contributed by atoms with Gasteiger partial charge in [-0.15, -0.1) is 0 Å². The third-order valence-electron chi connectivity index (χ3n) is 13.1. The molecule has 62 heavy (non-hydrogen) atoms. The number of aliphatic hydroxyl groups excluding tert-OH is 2. The first-order chi connectivity index (χ1) is 30.5. The quantitative estimate of drug-likeness (QED) is 0.0321. The maximum atomic E-state index is 12.4. The van der Waals surface area contributed by atoms with Crippen molar-refractivity contribution < 1.29 is 24.5 Å². The van der Waals surface area contributed by atoms with E-state index in [9.17, 15) is 19.8 Å². The van der Waals surface area contributed by atoms with Gasteiger partial charge in [-0.3, -0.25) is 9.59 Å². The van der Waals surface area contributed by atoms with Crippen molar-refractivity contribution in [2.24, 2.45) is 0 Å². The summed E-state index contributed by atoms with van der Waals surface area (Å²) in [5.74, 6) is -0.0652. The second kappa shape index (κ2) is 52.2.